The quantitative estimate of drug-likeness (QED) is 0.748. The molecule has 0 unspecified atom stereocenters. The molecule has 3 heteroatoms. The minimum absolute atomic E-state index is 0.323. The zero-order valence-corrected chi connectivity index (χ0v) is 14.5. The van der Waals surface area contributed by atoms with Crippen LogP contribution >= 0.6 is 11.6 Å². The maximum absolute atomic E-state index is 5.98. The van der Waals surface area contributed by atoms with Gasteiger partial charge in [-0.25, -0.2) is 0 Å². The predicted octanol–water partition coefficient (Wildman–Crippen LogP) is 4.48. The summed E-state index contributed by atoms with van der Waals surface area (Å²) in [5.41, 5.74) is 2.58. The van der Waals surface area contributed by atoms with Crippen LogP contribution in [0.5, 0.6) is 0 Å². The Labute approximate surface area is 139 Å². The molecule has 1 fully saturated rings. The summed E-state index contributed by atoms with van der Waals surface area (Å²) < 4.78 is 5.44. The van der Waals surface area contributed by atoms with Crippen LogP contribution in [0.25, 0.3) is 0 Å². The van der Waals surface area contributed by atoms with E-state index in [1.165, 1.54) is 11.1 Å². The first-order valence-corrected chi connectivity index (χ1v) is 8.68. The van der Waals surface area contributed by atoms with Gasteiger partial charge in [-0.1, -0.05) is 49.7 Å². The van der Waals surface area contributed by atoms with Gasteiger partial charge in [0.15, 0.2) is 0 Å². The van der Waals surface area contributed by atoms with Crippen molar-refractivity contribution >= 4 is 11.6 Å². The molecule has 22 heavy (non-hydrogen) atoms. The molecule has 0 bridgehead atoms. The van der Waals surface area contributed by atoms with Crippen molar-refractivity contribution in [2.24, 2.45) is 11.8 Å². The van der Waals surface area contributed by atoms with E-state index in [0.717, 1.165) is 50.0 Å². The third kappa shape index (κ3) is 5.42. The summed E-state index contributed by atoms with van der Waals surface area (Å²) in [5, 5.41) is 4.54. The van der Waals surface area contributed by atoms with Gasteiger partial charge >= 0.3 is 0 Å². The molecule has 0 aromatic heterocycles. The van der Waals surface area contributed by atoms with Crippen LogP contribution in [-0.4, -0.2) is 25.8 Å². The summed E-state index contributed by atoms with van der Waals surface area (Å²) in [6.45, 7) is 11.6. The van der Waals surface area contributed by atoms with Gasteiger partial charge in [-0.3, -0.25) is 0 Å². The standard InChI is InChI=1S/C19H28ClNO/c1-14(2)15(3)19(12-16-4-6-18(20)7-5-16)21-13-17-8-10-22-11-9-17/h4-7,14,17,19,21H,3,8-13H2,1-2H3/t19-/m1/s1. The minimum atomic E-state index is 0.323. The SMILES string of the molecule is C=C(C(C)C)[C@@H](Cc1ccc(Cl)cc1)NCC1CCOCC1. The highest BCUT2D eigenvalue weighted by Crippen LogP contribution is 2.20. The van der Waals surface area contributed by atoms with E-state index < -0.39 is 0 Å². The molecule has 1 saturated heterocycles. The molecular formula is C19H28ClNO. The van der Waals surface area contributed by atoms with Gasteiger partial charge in [-0.05, 0) is 55.3 Å². The van der Waals surface area contributed by atoms with Crippen LogP contribution in [0.15, 0.2) is 36.4 Å². The number of benzene rings is 1. The zero-order chi connectivity index (χ0) is 15.9. The fourth-order valence-corrected chi connectivity index (χ4v) is 2.98. The Hall–Kier alpha value is -0.830. The molecule has 0 saturated carbocycles. The Morgan fingerprint density at radius 1 is 1.27 bits per heavy atom. The molecule has 1 aromatic carbocycles. The molecule has 0 amide bonds. The summed E-state index contributed by atoms with van der Waals surface area (Å²) in [7, 11) is 0. The van der Waals surface area contributed by atoms with E-state index in [2.05, 4.69) is 37.9 Å². The predicted molar refractivity (Wildman–Crippen MR) is 94.5 cm³/mol. The number of hydrogen-bond acceptors (Lipinski definition) is 2. The molecule has 0 spiro atoms. The van der Waals surface area contributed by atoms with Gasteiger partial charge in [0.2, 0.25) is 0 Å². The van der Waals surface area contributed by atoms with Crippen LogP contribution in [0.1, 0.15) is 32.3 Å². The minimum Gasteiger partial charge on any atom is -0.381 e. The Bertz CT molecular complexity index is 463. The Balaban J connectivity index is 1.95. The average molecular weight is 322 g/mol. The number of rotatable bonds is 7. The first kappa shape index (κ1) is 17.5. The van der Waals surface area contributed by atoms with Crippen LogP contribution in [0.2, 0.25) is 5.02 Å². The van der Waals surface area contributed by atoms with Crippen molar-refractivity contribution in [1.82, 2.24) is 5.32 Å². The fraction of sp³-hybridized carbons (Fsp3) is 0.579. The van der Waals surface area contributed by atoms with Crippen LogP contribution in [0.4, 0.5) is 0 Å². The van der Waals surface area contributed by atoms with Gasteiger partial charge in [-0.2, -0.15) is 0 Å². The number of halogens is 1. The Morgan fingerprint density at radius 2 is 1.91 bits per heavy atom. The largest absolute Gasteiger partial charge is 0.381 e. The summed E-state index contributed by atoms with van der Waals surface area (Å²) in [6, 6.07) is 8.47. The lowest BCUT2D eigenvalue weighted by Crippen LogP contribution is -2.38. The van der Waals surface area contributed by atoms with Crippen LogP contribution < -0.4 is 5.32 Å². The van der Waals surface area contributed by atoms with Crippen LogP contribution in [0.3, 0.4) is 0 Å². The summed E-state index contributed by atoms with van der Waals surface area (Å²) in [4.78, 5) is 0. The van der Waals surface area contributed by atoms with Crippen molar-refractivity contribution < 1.29 is 4.74 Å². The average Bonchev–Trinajstić information content (AvgIpc) is 2.53. The first-order valence-electron chi connectivity index (χ1n) is 8.30. The van der Waals surface area contributed by atoms with Gasteiger partial charge in [0.25, 0.3) is 0 Å². The summed E-state index contributed by atoms with van der Waals surface area (Å²) in [6.07, 6.45) is 3.29. The molecule has 0 radical (unpaired) electrons. The number of hydrogen-bond donors (Lipinski definition) is 1. The zero-order valence-electron chi connectivity index (χ0n) is 13.8. The molecule has 1 heterocycles. The van der Waals surface area contributed by atoms with Crippen molar-refractivity contribution in [3.8, 4) is 0 Å². The lowest BCUT2D eigenvalue weighted by atomic mass is 9.91. The highest BCUT2D eigenvalue weighted by molar-refractivity contribution is 6.30. The third-order valence-corrected chi connectivity index (χ3v) is 4.79. The van der Waals surface area contributed by atoms with E-state index in [4.69, 9.17) is 16.3 Å². The lowest BCUT2D eigenvalue weighted by molar-refractivity contribution is 0.0657. The molecule has 122 valence electrons. The maximum Gasteiger partial charge on any atom is 0.0469 e. The van der Waals surface area contributed by atoms with Gasteiger partial charge in [0, 0.05) is 24.3 Å². The van der Waals surface area contributed by atoms with E-state index in [0.29, 0.717) is 12.0 Å². The Kier molecular flexibility index (Phi) is 6.94. The van der Waals surface area contributed by atoms with E-state index in [-0.39, 0.29) is 0 Å². The highest BCUT2D eigenvalue weighted by atomic mass is 35.5. The Morgan fingerprint density at radius 3 is 2.50 bits per heavy atom. The first-order chi connectivity index (χ1) is 10.6. The van der Waals surface area contributed by atoms with Gasteiger partial charge < -0.3 is 10.1 Å². The van der Waals surface area contributed by atoms with Crippen molar-refractivity contribution in [2.75, 3.05) is 19.8 Å². The fourth-order valence-electron chi connectivity index (χ4n) is 2.85. The topological polar surface area (TPSA) is 21.3 Å². The van der Waals surface area contributed by atoms with Crippen LogP contribution in [0, 0.1) is 11.8 Å². The molecule has 1 N–H and O–H groups in total. The second-order valence-corrected chi connectivity index (χ2v) is 7.01. The van der Waals surface area contributed by atoms with Gasteiger partial charge in [0.05, 0.1) is 0 Å². The lowest BCUT2D eigenvalue weighted by Gasteiger charge is -2.28. The molecule has 1 aliphatic heterocycles. The van der Waals surface area contributed by atoms with E-state index >= 15 is 0 Å². The molecule has 2 nitrogen and oxygen atoms in total. The van der Waals surface area contributed by atoms with Crippen molar-refractivity contribution in [2.45, 2.75) is 39.2 Å². The molecule has 1 atom stereocenters. The number of nitrogens with one attached hydrogen (secondary N) is 1. The molecule has 1 aliphatic rings. The number of ether oxygens (including phenoxy) is 1. The third-order valence-electron chi connectivity index (χ3n) is 4.54. The second kappa shape index (κ2) is 8.71. The van der Waals surface area contributed by atoms with Crippen molar-refractivity contribution in [3.05, 3.63) is 47.0 Å². The van der Waals surface area contributed by atoms with E-state index in [1.807, 2.05) is 12.1 Å². The molecule has 1 aromatic rings. The summed E-state index contributed by atoms with van der Waals surface area (Å²) in [5.74, 6) is 1.21. The van der Waals surface area contributed by atoms with Gasteiger partial charge in [0.1, 0.15) is 0 Å². The normalized spacial score (nSPS) is 17.6. The molecular weight excluding hydrogens is 294 g/mol. The smallest absolute Gasteiger partial charge is 0.0469 e. The molecule has 2 rings (SSSR count). The van der Waals surface area contributed by atoms with E-state index in [1.54, 1.807) is 0 Å². The van der Waals surface area contributed by atoms with Crippen molar-refractivity contribution in [3.63, 3.8) is 0 Å². The highest BCUT2D eigenvalue weighted by Gasteiger charge is 2.19. The van der Waals surface area contributed by atoms with Crippen LogP contribution in [-0.2, 0) is 11.2 Å². The maximum atomic E-state index is 5.98. The van der Waals surface area contributed by atoms with Crippen molar-refractivity contribution in [1.29, 1.82) is 0 Å². The molecule has 0 aliphatic carbocycles. The second-order valence-electron chi connectivity index (χ2n) is 6.58. The van der Waals surface area contributed by atoms with Gasteiger partial charge in [-0.15, -0.1) is 0 Å². The van der Waals surface area contributed by atoms with E-state index in [9.17, 15) is 0 Å². The monoisotopic (exact) mass is 321 g/mol. The summed E-state index contributed by atoms with van der Waals surface area (Å²) >= 11 is 5.98.